The number of methoxy groups -OCH3 is 1. The number of carbonyl (C=O) groups is 1. The van der Waals surface area contributed by atoms with Crippen molar-refractivity contribution in [3.63, 3.8) is 0 Å². The van der Waals surface area contributed by atoms with E-state index in [9.17, 15) is 4.79 Å². The van der Waals surface area contributed by atoms with Gasteiger partial charge in [0.2, 0.25) is 0 Å². The number of hydrogen-bond donors (Lipinski definition) is 2. The van der Waals surface area contributed by atoms with Crippen molar-refractivity contribution in [1.29, 1.82) is 0 Å². The molecule has 0 saturated carbocycles. The third-order valence-electron chi connectivity index (χ3n) is 6.04. The Morgan fingerprint density at radius 1 is 1.22 bits per heavy atom. The van der Waals surface area contributed by atoms with Crippen molar-refractivity contribution in [2.24, 2.45) is 16.7 Å². The van der Waals surface area contributed by atoms with Crippen molar-refractivity contribution in [2.75, 3.05) is 25.2 Å². The van der Waals surface area contributed by atoms with Crippen molar-refractivity contribution in [2.45, 2.75) is 38.3 Å². The molecule has 1 aliphatic rings. The molecule has 3 rings (SSSR count). The monoisotopic (exact) mass is 512 g/mol. The molecule has 0 bridgehead atoms. The number of carbonyl (C=O) groups excluding carboxylic acids is 1. The smallest absolute Gasteiger partial charge is 0.308 e. The number of benzene rings is 2. The van der Waals surface area contributed by atoms with Gasteiger partial charge in [0.25, 0.3) is 0 Å². The van der Waals surface area contributed by atoms with Gasteiger partial charge in [0.15, 0.2) is 0 Å². The van der Waals surface area contributed by atoms with Gasteiger partial charge in [-0.05, 0) is 48.4 Å². The van der Waals surface area contributed by atoms with Crippen LogP contribution in [0, 0.1) is 0 Å². The Kier molecular flexibility index (Phi) is 9.52. The summed E-state index contributed by atoms with van der Waals surface area (Å²) in [6, 6.07) is 12.1. The second-order valence-electron chi connectivity index (χ2n) is 8.48. The molecule has 0 aliphatic carbocycles. The lowest BCUT2D eigenvalue weighted by atomic mass is 9.96. The third kappa shape index (κ3) is 6.66. The molecule has 1 heterocycles. The summed E-state index contributed by atoms with van der Waals surface area (Å²) in [7, 11) is 1.59. The van der Waals surface area contributed by atoms with Crippen molar-refractivity contribution in [1.82, 2.24) is 0 Å². The third-order valence-corrected chi connectivity index (χ3v) is 6.29. The van der Waals surface area contributed by atoms with Crippen LogP contribution in [-0.2, 0) is 14.3 Å². The van der Waals surface area contributed by atoms with E-state index in [-0.39, 0.29) is 12.5 Å². The van der Waals surface area contributed by atoms with Crippen LogP contribution in [-0.4, -0.2) is 44.3 Å². The van der Waals surface area contributed by atoms with Gasteiger partial charge in [0.05, 0.1) is 38.5 Å². The molecule has 1 saturated heterocycles. The molecule has 36 heavy (non-hydrogen) atoms. The number of halogens is 1. The average molecular weight is 513 g/mol. The lowest BCUT2D eigenvalue weighted by Crippen LogP contribution is -2.40. The normalized spacial score (nSPS) is 15.2. The van der Waals surface area contributed by atoms with Crippen molar-refractivity contribution < 1.29 is 19.0 Å². The number of rotatable bonds is 9. The number of hydrogen-bond acceptors (Lipinski definition) is 7. The van der Waals surface area contributed by atoms with Crippen LogP contribution >= 0.6 is 11.6 Å². The van der Waals surface area contributed by atoms with E-state index in [4.69, 9.17) is 37.4 Å². The van der Waals surface area contributed by atoms with Crippen molar-refractivity contribution >= 4 is 34.7 Å². The summed E-state index contributed by atoms with van der Waals surface area (Å²) in [6.45, 7) is 11.4. The van der Waals surface area contributed by atoms with Crippen LogP contribution in [0.1, 0.15) is 37.3 Å². The number of ether oxygens (including phenoxy) is 3. The highest BCUT2D eigenvalue weighted by atomic mass is 35.5. The molecule has 1 fully saturated rings. The number of nitrogens with zero attached hydrogens (tertiary/aromatic N) is 2. The highest BCUT2D eigenvalue weighted by Crippen LogP contribution is 2.36. The Balaban J connectivity index is 1.91. The molecule has 0 unspecified atom stereocenters. The molecular weight excluding hydrogens is 480 g/mol. The summed E-state index contributed by atoms with van der Waals surface area (Å²) in [4.78, 5) is 14.3. The molecule has 1 atom stereocenters. The molecule has 0 amide bonds. The van der Waals surface area contributed by atoms with Crippen LogP contribution in [0.15, 0.2) is 66.4 Å². The van der Waals surface area contributed by atoms with Gasteiger partial charge in [-0.1, -0.05) is 36.9 Å². The number of esters is 1. The molecule has 1 aliphatic heterocycles. The van der Waals surface area contributed by atoms with Gasteiger partial charge in [-0.2, -0.15) is 5.10 Å². The second kappa shape index (κ2) is 12.6. The lowest BCUT2D eigenvalue weighted by Gasteiger charge is -2.32. The summed E-state index contributed by atoms with van der Waals surface area (Å²) in [5.74, 6) is 6.37. The van der Waals surface area contributed by atoms with Gasteiger partial charge in [-0.15, -0.1) is 0 Å². The maximum atomic E-state index is 12.6. The van der Waals surface area contributed by atoms with Crippen LogP contribution in [0.3, 0.4) is 0 Å². The van der Waals surface area contributed by atoms with E-state index in [1.165, 1.54) is 0 Å². The standard InChI is InChI=1S/C27H33ClN4O4/c1-17(20-5-7-21(28)8-6-20)24-15-23(34-4)9-10-26(24)32(19(3)31-30)18(2)25(29)16-27(33)36-22-11-13-35-14-12-22/h5-10,15,22,25H,1-2,11-14,16,29-30H2,3-4H3/b31-19-/t25-/m0/s1. The first-order valence-corrected chi connectivity index (χ1v) is 12.0. The summed E-state index contributed by atoms with van der Waals surface area (Å²) < 4.78 is 16.4. The van der Waals surface area contributed by atoms with Crippen LogP contribution in [0.25, 0.3) is 5.57 Å². The molecule has 4 N–H and O–H groups in total. The molecule has 9 heteroatoms. The first kappa shape index (κ1) is 27.3. The largest absolute Gasteiger partial charge is 0.497 e. The fourth-order valence-electron chi connectivity index (χ4n) is 3.97. The minimum atomic E-state index is -0.743. The van der Waals surface area contributed by atoms with E-state index in [2.05, 4.69) is 18.3 Å². The molecule has 0 spiro atoms. The van der Waals surface area contributed by atoms with Crippen molar-refractivity contribution in [3.8, 4) is 5.75 Å². The number of amidine groups is 1. The Morgan fingerprint density at radius 2 is 1.89 bits per heavy atom. The van der Waals surface area contributed by atoms with Gasteiger partial charge in [-0.25, -0.2) is 0 Å². The topological polar surface area (TPSA) is 112 Å². The maximum absolute atomic E-state index is 12.6. The van der Waals surface area contributed by atoms with Gasteiger partial charge < -0.3 is 25.8 Å². The Labute approximate surface area is 217 Å². The minimum absolute atomic E-state index is 0.0475. The molecule has 0 aromatic heterocycles. The number of anilines is 1. The van der Waals surface area contributed by atoms with Crippen LogP contribution in [0.2, 0.25) is 5.02 Å². The molecule has 0 radical (unpaired) electrons. The first-order valence-electron chi connectivity index (χ1n) is 11.6. The molecule has 192 valence electrons. The highest BCUT2D eigenvalue weighted by molar-refractivity contribution is 6.30. The fraction of sp³-hybridized carbons (Fsp3) is 0.333. The van der Waals surface area contributed by atoms with E-state index >= 15 is 0 Å². The minimum Gasteiger partial charge on any atom is -0.497 e. The Hall–Kier alpha value is -3.33. The molecule has 2 aromatic rings. The molecule has 8 nitrogen and oxygen atoms in total. The summed E-state index contributed by atoms with van der Waals surface area (Å²) in [5, 5.41) is 4.51. The van der Waals surface area contributed by atoms with Crippen LogP contribution in [0.4, 0.5) is 5.69 Å². The summed E-state index contributed by atoms with van der Waals surface area (Å²) in [6.07, 6.45) is 1.14. The van der Waals surface area contributed by atoms with Gasteiger partial charge in [-0.3, -0.25) is 9.69 Å². The fourth-order valence-corrected chi connectivity index (χ4v) is 4.10. The average Bonchev–Trinajstić information content (AvgIpc) is 2.89. The number of hydrazone groups is 1. The van der Waals surface area contributed by atoms with Crippen LogP contribution in [0.5, 0.6) is 5.75 Å². The maximum Gasteiger partial charge on any atom is 0.308 e. The highest BCUT2D eigenvalue weighted by Gasteiger charge is 2.26. The van der Waals surface area contributed by atoms with E-state index in [1.807, 2.05) is 30.3 Å². The van der Waals surface area contributed by atoms with E-state index in [0.29, 0.717) is 54.0 Å². The second-order valence-corrected chi connectivity index (χ2v) is 8.92. The quantitative estimate of drug-likeness (QED) is 0.168. The summed E-state index contributed by atoms with van der Waals surface area (Å²) in [5.41, 5.74) is 9.89. The zero-order chi connectivity index (χ0) is 26.2. The predicted molar refractivity (Wildman–Crippen MR) is 144 cm³/mol. The zero-order valence-corrected chi connectivity index (χ0v) is 21.5. The number of nitrogens with two attached hydrogens (primary N) is 2. The van der Waals surface area contributed by atoms with Crippen LogP contribution < -0.4 is 21.2 Å². The SMILES string of the molecule is C=C(c1ccc(Cl)cc1)c1cc(OC)ccc1N(C(=C)[C@@H](N)CC(=O)OC1CCOCC1)/C(C)=N\N. The van der Waals surface area contributed by atoms with E-state index in [1.54, 1.807) is 31.1 Å². The van der Waals surface area contributed by atoms with E-state index in [0.717, 1.165) is 16.7 Å². The van der Waals surface area contributed by atoms with E-state index < -0.39 is 12.0 Å². The van der Waals surface area contributed by atoms with Crippen molar-refractivity contribution in [3.05, 3.63) is 77.5 Å². The summed E-state index contributed by atoms with van der Waals surface area (Å²) >= 11 is 6.07. The Morgan fingerprint density at radius 3 is 2.50 bits per heavy atom. The van der Waals surface area contributed by atoms with Gasteiger partial charge in [0, 0.05) is 29.1 Å². The lowest BCUT2D eigenvalue weighted by molar-refractivity contribution is -0.153. The molecule has 2 aromatic carbocycles. The zero-order valence-electron chi connectivity index (χ0n) is 20.7. The van der Waals surface area contributed by atoms with Gasteiger partial charge in [0.1, 0.15) is 17.7 Å². The Bertz CT molecular complexity index is 1130. The molecular formula is C27H33ClN4O4. The van der Waals surface area contributed by atoms with Gasteiger partial charge >= 0.3 is 5.97 Å². The first-order chi connectivity index (χ1) is 17.2. The predicted octanol–water partition coefficient (Wildman–Crippen LogP) is 4.46.